The van der Waals surface area contributed by atoms with Crippen molar-refractivity contribution in [2.75, 3.05) is 39.3 Å². The number of amides is 1. The normalized spacial score (nSPS) is 24.2. The quantitative estimate of drug-likeness (QED) is 0.802. The summed E-state index contributed by atoms with van der Waals surface area (Å²) in [5, 5.41) is 8.79. The van der Waals surface area contributed by atoms with Gasteiger partial charge in [-0.2, -0.15) is 13.2 Å². The Kier molecular flexibility index (Phi) is 6.22. The molecule has 1 N–H and O–H groups in total. The number of rotatable bonds is 5. The van der Waals surface area contributed by atoms with Gasteiger partial charge in [0.1, 0.15) is 0 Å². The molecule has 2 unspecified atom stereocenters. The van der Waals surface area contributed by atoms with Crippen LogP contribution in [0.4, 0.5) is 13.2 Å². The van der Waals surface area contributed by atoms with Gasteiger partial charge in [0.15, 0.2) is 0 Å². The second kappa shape index (κ2) is 7.24. The van der Waals surface area contributed by atoms with Crippen molar-refractivity contribution in [2.45, 2.75) is 32.2 Å². The Hall–Kier alpha value is -0.860. The average Bonchev–Trinajstić information content (AvgIpc) is 2.25. The van der Waals surface area contributed by atoms with Gasteiger partial charge in [-0.25, -0.2) is 0 Å². The number of hydrogen-bond donors (Lipinski definition) is 1. The van der Waals surface area contributed by atoms with Crippen LogP contribution in [0, 0.1) is 0 Å². The molecular weight excluding hydrogens is 277 g/mol. The van der Waals surface area contributed by atoms with Crippen molar-refractivity contribution < 1.29 is 27.8 Å². The number of morpholine rings is 1. The molecule has 1 aliphatic rings. The molecule has 2 atom stereocenters. The van der Waals surface area contributed by atoms with E-state index in [9.17, 15) is 18.0 Å². The van der Waals surface area contributed by atoms with Gasteiger partial charge >= 0.3 is 6.18 Å². The molecule has 1 amide bonds. The summed E-state index contributed by atoms with van der Waals surface area (Å²) in [5.41, 5.74) is 0. The fourth-order valence-corrected chi connectivity index (χ4v) is 2.28. The van der Waals surface area contributed by atoms with Gasteiger partial charge in [-0.1, -0.05) is 0 Å². The zero-order valence-electron chi connectivity index (χ0n) is 11.7. The summed E-state index contributed by atoms with van der Waals surface area (Å²) in [6.45, 7) is 2.24. The molecule has 1 rings (SSSR count). The highest BCUT2D eigenvalue weighted by atomic mass is 19.4. The van der Waals surface area contributed by atoms with Crippen LogP contribution in [-0.4, -0.2) is 78.5 Å². The number of carbonyl (C=O) groups is 1. The maximum Gasteiger partial charge on any atom is 0.401 e. The smallest absolute Gasteiger partial charge is 0.395 e. The van der Waals surface area contributed by atoms with E-state index < -0.39 is 19.3 Å². The zero-order chi connectivity index (χ0) is 15.3. The molecule has 0 aliphatic carbocycles. The predicted molar refractivity (Wildman–Crippen MR) is 66.2 cm³/mol. The van der Waals surface area contributed by atoms with Crippen molar-refractivity contribution in [2.24, 2.45) is 0 Å². The molecule has 8 heteroatoms. The lowest BCUT2D eigenvalue weighted by Gasteiger charge is -2.36. The standard InChI is InChI=1S/C12H21F3N2O3/c1-9-5-17(6-10(2)20-9)11(19)7-16(3-4-18)8-12(13,14)15/h9-10,18H,3-8H2,1-2H3. The first kappa shape index (κ1) is 17.2. The van der Waals surface area contributed by atoms with E-state index in [1.54, 1.807) is 0 Å². The summed E-state index contributed by atoms with van der Waals surface area (Å²) < 4.78 is 42.6. The molecule has 1 fully saturated rings. The Balaban J connectivity index is 2.56. The topological polar surface area (TPSA) is 53.0 Å². The molecule has 0 radical (unpaired) electrons. The first-order chi connectivity index (χ1) is 9.21. The molecule has 0 aromatic carbocycles. The van der Waals surface area contributed by atoms with E-state index in [1.165, 1.54) is 4.90 Å². The van der Waals surface area contributed by atoms with Crippen molar-refractivity contribution >= 4 is 5.91 Å². The van der Waals surface area contributed by atoms with E-state index >= 15 is 0 Å². The highest BCUT2D eigenvalue weighted by molar-refractivity contribution is 5.78. The largest absolute Gasteiger partial charge is 0.401 e. The van der Waals surface area contributed by atoms with E-state index in [0.29, 0.717) is 13.1 Å². The van der Waals surface area contributed by atoms with Crippen molar-refractivity contribution in [1.82, 2.24) is 9.80 Å². The summed E-state index contributed by atoms with van der Waals surface area (Å²) in [7, 11) is 0. The summed E-state index contributed by atoms with van der Waals surface area (Å²) in [4.78, 5) is 14.5. The number of halogens is 3. The minimum Gasteiger partial charge on any atom is -0.395 e. The molecule has 0 aromatic rings. The van der Waals surface area contributed by atoms with E-state index in [0.717, 1.165) is 4.90 Å². The Morgan fingerprint density at radius 1 is 1.35 bits per heavy atom. The number of carbonyl (C=O) groups excluding carboxylic acids is 1. The highest BCUT2D eigenvalue weighted by Gasteiger charge is 2.33. The lowest BCUT2D eigenvalue weighted by Crippen LogP contribution is -2.52. The van der Waals surface area contributed by atoms with Crippen LogP contribution in [0.1, 0.15) is 13.8 Å². The maximum atomic E-state index is 12.4. The molecule has 0 aromatic heterocycles. The fraction of sp³-hybridized carbons (Fsp3) is 0.917. The third-order valence-corrected chi connectivity index (χ3v) is 2.95. The Bertz CT molecular complexity index is 316. The van der Waals surface area contributed by atoms with Gasteiger partial charge in [0, 0.05) is 19.6 Å². The van der Waals surface area contributed by atoms with Gasteiger partial charge < -0.3 is 14.7 Å². The van der Waals surface area contributed by atoms with Crippen LogP contribution in [0.5, 0.6) is 0 Å². The van der Waals surface area contributed by atoms with Crippen LogP contribution in [-0.2, 0) is 9.53 Å². The van der Waals surface area contributed by atoms with Crippen LogP contribution in [0.2, 0.25) is 0 Å². The summed E-state index contributed by atoms with van der Waals surface area (Å²) in [5.74, 6) is -0.371. The molecule has 118 valence electrons. The minimum atomic E-state index is -4.39. The maximum absolute atomic E-state index is 12.4. The van der Waals surface area contributed by atoms with E-state index in [4.69, 9.17) is 9.84 Å². The number of ether oxygens (including phenoxy) is 1. The number of aliphatic hydroxyl groups excluding tert-OH is 1. The van der Waals surface area contributed by atoms with Gasteiger partial charge in [-0.05, 0) is 13.8 Å². The van der Waals surface area contributed by atoms with Gasteiger partial charge in [-0.3, -0.25) is 9.69 Å². The van der Waals surface area contributed by atoms with E-state index in [2.05, 4.69) is 0 Å². The van der Waals surface area contributed by atoms with Gasteiger partial charge in [0.05, 0.1) is 31.9 Å². The first-order valence-electron chi connectivity index (χ1n) is 6.54. The first-order valence-corrected chi connectivity index (χ1v) is 6.54. The molecule has 0 saturated carbocycles. The number of hydrogen-bond acceptors (Lipinski definition) is 4. The van der Waals surface area contributed by atoms with Crippen LogP contribution >= 0.6 is 0 Å². The number of alkyl halides is 3. The van der Waals surface area contributed by atoms with Crippen LogP contribution < -0.4 is 0 Å². The van der Waals surface area contributed by atoms with E-state index in [1.807, 2.05) is 13.8 Å². The van der Waals surface area contributed by atoms with Crippen LogP contribution in [0.15, 0.2) is 0 Å². The monoisotopic (exact) mass is 298 g/mol. The summed E-state index contributed by atoms with van der Waals surface area (Å²) in [6, 6.07) is 0. The molecule has 5 nitrogen and oxygen atoms in total. The predicted octanol–water partition coefficient (Wildman–Crippen LogP) is 0.479. The number of aliphatic hydroxyl groups is 1. The van der Waals surface area contributed by atoms with Crippen LogP contribution in [0.3, 0.4) is 0 Å². The minimum absolute atomic E-state index is 0.128. The fourth-order valence-electron chi connectivity index (χ4n) is 2.28. The SMILES string of the molecule is CC1CN(C(=O)CN(CCO)CC(F)(F)F)CC(C)O1. The third-order valence-electron chi connectivity index (χ3n) is 2.95. The third kappa shape index (κ3) is 6.06. The van der Waals surface area contributed by atoms with Crippen molar-refractivity contribution in [3.8, 4) is 0 Å². The Morgan fingerprint density at radius 2 is 1.90 bits per heavy atom. The molecule has 1 heterocycles. The van der Waals surface area contributed by atoms with Gasteiger partial charge in [0.2, 0.25) is 5.91 Å². The van der Waals surface area contributed by atoms with Crippen molar-refractivity contribution in [1.29, 1.82) is 0 Å². The Morgan fingerprint density at radius 3 is 2.35 bits per heavy atom. The molecule has 0 bridgehead atoms. The van der Waals surface area contributed by atoms with Gasteiger partial charge in [0.25, 0.3) is 0 Å². The Labute approximate surface area is 116 Å². The molecule has 20 heavy (non-hydrogen) atoms. The lowest BCUT2D eigenvalue weighted by atomic mass is 10.2. The highest BCUT2D eigenvalue weighted by Crippen LogP contribution is 2.17. The molecule has 1 saturated heterocycles. The van der Waals surface area contributed by atoms with Crippen molar-refractivity contribution in [3.05, 3.63) is 0 Å². The lowest BCUT2D eigenvalue weighted by molar-refractivity contribution is -0.156. The summed E-state index contributed by atoms with van der Waals surface area (Å²) in [6.07, 6.45) is -4.64. The summed E-state index contributed by atoms with van der Waals surface area (Å²) >= 11 is 0. The van der Waals surface area contributed by atoms with Crippen LogP contribution in [0.25, 0.3) is 0 Å². The van der Waals surface area contributed by atoms with Gasteiger partial charge in [-0.15, -0.1) is 0 Å². The molecular formula is C12H21F3N2O3. The van der Waals surface area contributed by atoms with E-state index in [-0.39, 0.29) is 31.2 Å². The second-order valence-electron chi connectivity index (χ2n) is 5.11. The molecule has 1 aliphatic heterocycles. The van der Waals surface area contributed by atoms with Crippen molar-refractivity contribution in [3.63, 3.8) is 0 Å². The zero-order valence-corrected chi connectivity index (χ0v) is 11.7. The number of nitrogens with zero attached hydrogens (tertiary/aromatic N) is 2. The average molecular weight is 298 g/mol. The molecule has 0 spiro atoms. The second-order valence-corrected chi connectivity index (χ2v) is 5.11.